The topological polar surface area (TPSA) is 27.7 Å². The van der Waals surface area contributed by atoms with Crippen molar-refractivity contribution in [3.63, 3.8) is 0 Å². The SMILES string of the molecule is CCC1(C(C)OC)COC(C(C)C)OC1. The summed E-state index contributed by atoms with van der Waals surface area (Å²) < 4.78 is 17.0. The van der Waals surface area contributed by atoms with Crippen LogP contribution >= 0.6 is 0 Å². The van der Waals surface area contributed by atoms with Crippen molar-refractivity contribution in [1.29, 1.82) is 0 Å². The molecule has 1 unspecified atom stereocenters. The summed E-state index contributed by atoms with van der Waals surface area (Å²) >= 11 is 0. The van der Waals surface area contributed by atoms with Gasteiger partial charge in [0.25, 0.3) is 0 Å². The van der Waals surface area contributed by atoms with E-state index in [-0.39, 0.29) is 17.8 Å². The minimum absolute atomic E-state index is 0.0279. The molecule has 1 fully saturated rings. The van der Waals surface area contributed by atoms with E-state index in [2.05, 4.69) is 27.7 Å². The zero-order valence-corrected chi connectivity index (χ0v) is 10.6. The first-order valence-electron chi connectivity index (χ1n) is 5.81. The summed E-state index contributed by atoms with van der Waals surface area (Å²) in [5.41, 5.74) is 0.0279. The fraction of sp³-hybridized carbons (Fsp3) is 1.00. The van der Waals surface area contributed by atoms with Crippen LogP contribution in [0.15, 0.2) is 0 Å². The third-order valence-corrected chi connectivity index (χ3v) is 3.53. The lowest BCUT2D eigenvalue weighted by Gasteiger charge is -2.43. The molecule has 0 aliphatic carbocycles. The Labute approximate surface area is 93.1 Å². The zero-order chi connectivity index (χ0) is 11.5. The van der Waals surface area contributed by atoms with E-state index < -0.39 is 0 Å². The van der Waals surface area contributed by atoms with Crippen LogP contribution in [0.25, 0.3) is 0 Å². The highest BCUT2D eigenvalue weighted by molar-refractivity contribution is 4.86. The molecule has 1 rings (SSSR count). The second-order valence-electron chi connectivity index (χ2n) is 4.83. The lowest BCUT2D eigenvalue weighted by atomic mass is 9.81. The zero-order valence-electron chi connectivity index (χ0n) is 10.6. The Kier molecular flexibility index (Phi) is 4.56. The number of methoxy groups -OCH3 is 1. The Bertz CT molecular complexity index is 183. The summed E-state index contributed by atoms with van der Waals surface area (Å²) in [5, 5.41) is 0. The molecule has 1 saturated heterocycles. The quantitative estimate of drug-likeness (QED) is 0.722. The second kappa shape index (κ2) is 5.28. The summed E-state index contributed by atoms with van der Waals surface area (Å²) in [4.78, 5) is 0. The molecule has 0 saturated carbocycles. The molecule has 0 radical (unpaired) electrons. The van der Waals surface area contributed by atoms with Gasteiger partial charge in [0, 0.05) is 18.4 Å². The third-order valence-electron chi connectivity index (χ3n) is 3.53. The monoisotopic (exact) mass is 216 g/mol. The molecule has 0 amide bonds. The fourth-order valence-electron chi connectivity index (χ4n) is 1.95. The van der Waals surface area contributed by atoms with Crippen LogP contribution in [0, 0.1) is 11.3 Å². The Morgan fingerprint density at radius 3 is 2.13 bits per heavy atom. The van der Waals surface area contributed by atoms with Gasteiger partial charge < -0.3 is 14.2 Å². The molecule has 0 aromatic heterocycles. The average molecular weight is 216 g/mol. The van der Waals surface area contributed by atoms with Crippen molar-refractivity contribution < 1.29 is 14.2 Å². The lowest BCUT2D eigenvalue weighted by molar-refractivity contribution is -0.264. The maximum absolute atomic E-state index is 5.77. The van der Waals surface area contributed by atoms with Crippen molar-refractivity contribution >= 4 is 0 Å². The van der Waals surface area contributed by atoms with Gasteiger partial charge in [-0.15, -0.1) is 0 Å². The normalized spacial score (nSPS) is 34.4. The molecule has 15 heavy (non-hydrogen) atoms. The van der Waals surface area contributed by atoms with Crippen LogP contribution in [0.3, 0.4) is 0 Å². The molecular weight excluding hydrogens is 192 g/mol. The van der Waals surface area contributed by atoms with Gasteiger partial charge in [-0.05, 0) is 13.3 Å². The second-order valence-corrected chi connectivity index (χ2v) is 4.83. The van der Waals surface area contributed by atoms with Gasteiger partial charge in [0.1, 0.15) is 0 Å². The van der Waals surface area contributed by atoms with Gasteiger partial charge in [-0.2, -0.15) is 0 Å². The van der Waals surface area contributed by atoms with Crippen LogP contribution < -0.4 is 0 Å². The van der Waals surface area contributed by atoms with E-state index in [1.807, 2.05) is 0 Å². The molecule has 0 spiro atoms. The van der Waals surface area contributed by atoms with E-state index in [0.29, 0.717) is 5.92 Å². The molecule has 0 bridgehead atoms. The molecule has 0 aromatic rings. The average Bonchev–Trinajstić information content (AvgIpc) is 2.27. The molecule has 0 aromatic carbocycles. The van der Waals surface area contributed by atoms with Crippen LogP contribution in [0.1, 0.15) is 34.1 Å². The predicted molar refractivity (Wildman–Crippen MR) is 59.7 cm³/mol. The maximum Gasteiger partial charge on any atom is 0.159 e. The van der Waals surface area contributed by atoms with E-state index in [4.69, 9.17) is 14.2 Å². The molecule has 1 aliphatic rings. The van der Waals surface area contributed by atoms with E-state index >= 15 is 0 Å². The first-order chi connectivity index (χ1) is 7.05. The highest BCUT2D eigenvalue weighted by atomic mass is 16.7. The molecular formula is C12H24O3. The maximum atomic E-state index is 5.77. The summed E-state index contributed by atoms with van der Waals surface area (Å²) in [6.07, 6.45) is 1.15. The van der Waals surface area contributed by atoms with Gasteiger partial charge in [-0.1, -0.05) is 20.8 Å². The van der Waals surface area contributed by atoms with E-state index in [9.17, 15) is 0 Å². The summed E-state index contributed by atoms with van der Waals surface area (Å²) in [5.74, 6) is 0.415. The highest BCUT2D eigenvalue weighted by Crippen LogP contribution is 2.34. The molecule has 3 heteroatoms. The molecule has 1 aliphatic heterocycles. The number of rotatable bonds is 4. The smallest absolute Gasteiger partial charge is 0.159 e. The summed E-state index contributed by atoms with van der Waals surface area (Å²) in [6, 6.07) is 0. The minimum Gasteiger partial charge on any atom is -0.381 e. The highest BCUT2D eigenvalue weighted by Gasteiger charge is 2.41. The first kappa shape index (κ1) is 12.9. The number of hydrogen-bond donors (Lipinski definition) is 0. The largest absolute Gasteiger partial charge is 0.381 e. The Balaban J connectivity index is 2.58. The van der Waals surface area contributed by atoms with Crippen molar-refractivity contribution in [2.75, 3.05) is 20.3 Å². The van der Waals surface area contributed by atoms with Crippen LogP contribution in [0.2, 0.25) is 0 Å². The molecule has 1 heterocycles. The predicted octanol–water partition coefficient (Wildman–Crippen LogP) is 2.45. The van der Waals surface area contributed by atoms with Crippen LogP contribution in [-0.4, -0.2) is 32.7 Å². The van der Waals surface area contributed by atoms with Crippen molar-refractivity contribution in [2.24, 2.45) is 11.3 Å². The van der Waals surface area contributed by atoms with Gasteiger partial charge in [0.15, 0.2) is 6.29 Å². The fourth-order valence-corrected chi connectivity index (χ4v) is 1.95. The van der Waals surface area contributed by atoms with Crippen LogP contribution in [0.4, 0.5) is 0 Å². The summed E-state index contributed by atoms with van der Waals surface area (Å²) in [7, 11) is 1.75. The van der Waals surface area contributed by atoms with Crippen molar-refractivity contribution in [3.05, 3.63) is 0 Å². The first-order valence-corrected chi connectivity index (χ1v) is 5.81. The number of ether oxygens (including phenoxy) is 3. The molecule has 0 N–H and O–H groups in total. The number of hydrogen-bond acceptors (Lipinski definition) is 3. The van der Waals surface area contributed by atoms with Crippen molar-refractivity contribution in [1.82, 2.24) is 0 Å². The van der Waals surface area contributed by atoms with Gasteiger partial charge in [-0.3, -0.25) is 0 Å². The third kappa shape index (κ3) is 2.71. The van der Waals surface area contributed by atoms with Crippen LogP contribution in [-0.2, 0) is 14.2 Å². The van der Waals surface area contributed by atoms with Gasteiger partial charge in [0.05, 0.1) is 19.3 Å². The standard InChI is InChI=1S/C12H24O3/c1-6-12(10(4)13-5)7-14-11(9(2)3)15-8-12/h9-11H,6-8H2,1-5H3. The minimum atomic E-state index is -0.0475. The van der Waals surface area contributed by atoms with Crippen LogP contribution in [0.5, 0.6) is 0 Å². The van der Waals surface area contributed by atoms with Gasteiger partial charge >= 0.3 is 0 Å². The van der Waals surface area contributed by atoms with E-state index in [1.54, 1.807) is 7.11 Å². The van der Waals surface area contributed by atoms with Crippen molar-refractivity contribution in [2.45, 2.75) is 46.5 Å². The van der Waals surface area contributed by atoms with Gasteiger partial charge in [-0.25, -0.2) is 0 Å². The van der Waals surface area contributed by atoms with Crippen molar-refractivity contribution in [3.8, 4) is 0 Å². The lowest BCUT2D eigenvalue weighted by Crippen LogP contribution is -2.49. The van der Waals surface area contributed by atoms with Gasteiger partial charge in [0.2, 0.25) is 0 Å². The van der Waals surface area contributed by atoms with E-state index in [0.717, 1.165) is 19.6 Å². The Morgan fingerprint density at radius 1 is 1.27 bits per heavy atom. The Hall–Kier alpha value is -0.120. The summed E-state index contributed by atoms with van der Waals surface area (Å²) in [6.45, 7) is 9.96. The molecule has 90 valence electrons. The van der Waals surface area contributed by atoms with E-state index in [1.165, 1.54) is 0 Å². The Morgan fingerprint density at radius 2 is 1.80 bits per heavy atom. The molecule has 1 atom stereocenters. The molecule has 3 nitrogen and oxygen atoms in total.